The lowest BCUT2D eigenvalue weighted by molar-refractivity contribution is 0.126. The van der Waals surface area contributed by atoms with E-state index in [9.17, 15) is 5.11 Å². The summed E-state index contributed by atoms with van der Waals surface area (Å²) >= 11 is 0. The number of aliphatic hydroxyl groups is 1. The maximum absolute atomic E-state index is 9.35. The molecule has 1 aliphatic rings. The van der Waals surface area contributed by atoms with Gasteiger partial charge in [0.05, 0.1) is 18.8 Å². The molecule has 0 saturated carbocycles. The molecule has 2 rings (SSSR count). The molecule has 0 aliphatic carbocycles. The van der Waals surface area contributed by atoms with E-state index >= 15 is 0 Å². The van der Waals surface area contributed by atoms with Crippen LogP contribution in [0.3, 0.4) is 0 Å². The summed E-state index contributed by atoms with van der Waals surface area (Å²) in [4.78, 5) is 6.64. The largest absolute Gasteiger partial charge is 0.444 e. The van der Waals surface area contributed by atoms with E-state index in [0.29, 0.717) is 12.5 Å². The van der Waals surface area contributed by atoms with E-state index in [-0.39, 0.29) is 12.6 Å². The number of hydrogen-bond donors (Lipinski definition) is 1. The van der Waals surface area contributed by atoms with E-state index < -0.39 is 0 Å². The Morgan fingerprint density at radius 3 is 2.81 bits per heavy atom. The molecule has 1 fully saturated rings. The Kier molecular flexibility index (Phi) is 3.30. The minimum atomic E-state index is 0.222. The van der Waals surface area contributed by atoms with Crippen LogP contribution in [0.5, 0.6) is 0 Å². The van der Waals surface area contributed by atoms with Crippen LogP contribution in [0.4, 0.5) is 0 Å². The van der Waals surface area contributed by atoms with Crippen LogP contribution in [0.25, 0.3) is 0 Å². The fraction of sp³-hybridized carbons (Fsp3) is 0.750. The molecule has 0 aromatic carbocycles. The molecule has 0 amide bonds. The van der Waals surface area contributed by atoms with Gasteiger partial charge in [-0.15, -0.1) is 0 Å². The molecule has 4 nitrogen and oxygen atoms in total. The predicted octanol–water partition coefficient (Wildman–Crippen LogP) is 1.49. The fourth-order valence-electron chi connectivity index (χ4n) is 2.36. The zero-order valence-electron chi connectivity index (χ0n) is 10.2. The number of nitrogens with zero attached hydrogens (tertiary/aromatic N) is 2. The van der Waals surface area contributed by atoms with E-state index in [4.69, 9.17) is 4.42 Å². The molecule has 0 bridgehead atoms. The van der Waals surface area contributed by atoms with Gasteiger partial charge in [0.25, 0.3) is 0 Å². The van der Waals surface area contributed by atoms with Crippen molar-refractivity contribution in [2.24, 2.45) is 5.92 Å². The molecular formula is C12H20N2O2. The average Bonchev–Trinajstić information content (AvgIpc) is 2.72. The molecule has 1 aromatic rings. The van der Waals surface area contributed by atoms with Gasteiger partial charge in [-0.1, -0.05) is 6.92 Å². The Bertz CT molecular complexity index is 342. The van der Waals surface area contributed by atoms with Crippen LogP contribution in [0.15, 0.2) is 4.42 Å². The first-order valence-corrected chi connectivity index (χ1v) is 5.89. The van der Waals surface area contributed by atoms with Crippen molar-refractivity contribution in [1.29, 1.82) is 0 Å². The van der Waals surface area contributed by atoms with Crippen LogP contribution < -0.4 is 0 Å². The second kappa shape index (κ2) is 4.55. The lowest BCUT2D eigenvalue weighted by Crippen LogP contribution is -2.34. The van der Waals surface area contributed by atoms with E-state index in [1.807, 2.05) is 13.8 Å². The third-order valence-electron chi connectivity index (χ3n) is 3.60. The first-order valence-electron chi connectivity index (χ1n) is 5.89. The molecule has 1 aromatic heterocycles. The minimum absolute atomic E-state index is 0.222. The minimum Gasteiger partial charge on any atom is -0.444 e. The number of aryl methyl sites for hydroxylation is 2. The summed E-state index contributed by atoms with van der Waals surface area (Å²) in [6.07, 6.45) is 1.14. The maximum Gasteiger partial charge on any atom is 0.208 e. The SMILES string of the molecule is Cc1nc(CN2CCC(C)C2CO)oc1C. The number of aliphatic hydroxyl groups excluding tert-OH is 1. The van der Waals surface area contributed by atoms with Gasteiger partial charge in [-0.2, -0.15) is 0 Å². The van der Waals surface area contributed by atoms with Gasteiger partial charge in [0.2, 0.25) is 5.89 Å². The van der Waals surface area contributed by atoms with Crippen LogP contribution in [0, 0.1) is 19.8 Å². The van der Waals surface area contributed by atoms with Gasteiger partial charge in [-0.05, 0) is 32.7 Å². The van der Waals surface area contributed by atoms with Gasteiger partial charge in [-0.3, -0.25) is 4.90 Å². The number of likely N-dealkylation sites (tertiary alicyclic amines) is 1. The Balaban J connectivity index is 2.04. The molecular weight excluding hydrogens is 204 g/mol. The topological polar surface area (TPSA) is 49.5 Å². The van der Waals surface area contributed by atoms with Crippen molar-refractivity contribution in [3.8, 4) is 0 Å². The highest BCUT2D eigenvalue weighted by molar-refractivity contribution is 5.05. The second-order valence-electron chi connectivity index (χ2n) is 4.74. The lowest BCUT2D eigenvalue weighted by atomic mass is 10.0. The van der Waals surface area contributed by atoms with Gasteiger partial charge in [-0.25, -0.2) is 4.98 Å². The monoisotopic (exact) mass is 224 g/mol. The Hall–Kier alpha value is -0.870. The molecule has 1 aliphatic heterocycles. The molecule has 0 radical (unpaired) electrons. The Labute approximate surface area is 96.3 Å². The number of aromatic nitrogens is 1. The van der Waals surface area contributed by atoms with Crippen LogP contribution in [-0.2, 0) is 6.54 Å². The Morgan fingerprint density at radius 1 is 1.50 bits per heavy atom. The summed E-state index contributed by atoms with van der Waals surface area (Å²) in [6, 6.07) is 0.257. The predicted molar refractivity (Wildman–Crippen MR) is 61.0 cm³/mol. The van der Waals surface area contributed by atoms with Crippen LogP contribution in [-0.4, -0.2) is 34.2 Å². The van der Waals surface area contributed by atoms with Crippen molar-refractivity contribution in [2.75, 3.05) is 13.2 Å². The quantitative estimate of drug-likeness (QED) is 0.845. The van der Waals surface area contributed by atoms with Crippen LogP contribution >= 0.6 is 0 Å². The molecule has 16 heavy (non-hydrogen) atoms. The normalized spacial score (nSPS) is 26.5. The van der Waals surface area contributed by atoms with Crippen molar-refractivity contribution in [1.82, 2.24) is 9.88 Å². The van der Waals surface area contributed by atoms with E-state index in [2.05, 4.69) is 16.8 Å². The highest BCUT2D eigenvalue weighted by Gasteiger charge is 2.31. The standard InChI is InChI=1S/C12H20N2O2/c1-8-4-5-14(11(8)7-15)6-12-13-9(2)10(3)16-12/h8,11,15H,4-7H2,1-3H3. The number of hydrogen-bond acceptors (Lipinski definition) is 4. The lowest BCUT2D eigenvalue weighted by Gasteiger charge is -2.23. The number of oxazole rings is 1. The zero-order valence-corrected chi connectivity index (χ0v) is 10.2. The summed E-state index contributed by atoms with van der Waals surface area (Å²) < 4.78 is 5.57. The van der Waals surface area contributed by atoms with Crippen LogP contribution in [0.1, 0.15) is 30.7 Å². The van der Waals surface area contributed by atoms with Gasteiger partial charge in [0.1, 0.15) is 5.76 Å². The molecule has 0 spiro atoms. The molecule has 2 atom stereocenters. The molecule has 1 N–H and O–H groups in total. The van der Waals surface area contributed by atoms with Crippen molar-refractivity contribution in [2.45, 2.75) is 39.8 Å². The third kappa shape index (κ3) is 2.13. The van der Waals surface area contributed by atoms with Gasteiger partial charge >= 0.3 is 0 Å². The van der Waals surface area contributed by atoms with Gasteiger partial charge in [0, 0.05) is 6.04 Å². The highest BCUT2D eigenvalue weighted by Crippen LogP contribution is 2.25. The van der Waals surface area contributed by atoms with E-state index in [1.165, 1.54) is 0 Å². The van der Waals surface area contributed by atoms with E-state index in [1.54, 1.807) is 0 Å². The maximum atomic E-state index is 9.35. The molecule has 90 valence electrons. The first kappa shape index (κ1) is 11.6. The zero-order chi connectivity index (χ0) is 11.7. The van der Waals surface area contributed by atoms with Crippen molar-refractivity contribution >= 4 is 0 Å². The molecule has 2 heterocycles. The molecule has 4 heteroatoms. The summed E-state index contributed by atoms with van der Waals surface area (Å²) in [5, 5.41) is 9.35. The smallest absolute Gasteiger partial charge is 0.208 e. The summed E-state index contributed by atoms with van der Waals surface area (Å²) in [6.45, 7) is 8.03. The first-order chi connectivity index (χ1) is 7.61. The second-order valence-corrected chi connectivity index (χ2v) is 4.74. The number of rotatable bonds is 3. The third-order valence-corrected chi connectivity index (χ3v) is 3.60. The van der Waals surface area contributed by atoms with Crippen molar-refractivity contribution in [3.05, 3.63) is 17.3 Å². The van der Waals surface area contributed by atoms with Crippen LogP contribution in [0.2, 0.25) is 0 Å². The summed E-state index contributed by atoms with van der Waals surface area (Å²) in [5.74, 6) is 2.22. The molecule has 2 unspecified atom stereocenters. The Morgan fingerprint density at radius 2 is 2.25 bits per heavy atom. The fourth-order valence-corrected chi connectivity index (χ4v) is 2.36. The molecule has 1 saturated heterocycles. The highest BCUT2D eigenvalue weighted by atomic mass is 16.4. The van der Waals surface area contributed by atoms with Crippen molar-refractivity contribution in [3.63, 3.8) is 0 Å². The average molecular weight is 224 g/mol. The summed E-state index contributed by atoms with van der Waals surface area (Å²) in [5.41, 5.74) is 0.961. The van der Waals surface area contributed by atoms with Gasteiger partial charge < -0.3 is 9.52 Å². The van der Waals surface area contributed by atoms with Crippen molar-refractivity contribution < 1.29 is 9.52 Å². The van der Waals surface area contributed by atoms with Gasteiger partial charge in [0.15, 0.2) is 0 Å². The van der Waals surface area contributed by atoms with E-state index in [0.717, 1.165) is 30.3 Å². The summed E-state index contributed by atoms with van der Waals surface area (Å²) in [7, 11) is 0.